The van der Waals surface area contributed by atoms with Crippen molar-refractivity contribution in [1.29, 1.82) is 0 Å². The van der Waals surface area contributed by atoms with E-state index in [1.54, 1.807) is 4.68 Å². The maximum Gasteiger partial charge on any atom is 0.221 e. The van der Waals surface area contributed by atoms with Crippen molar-refractivity contribution < 1.29 is 4.79 Å². The fourth-order valence-corrected chi connectivity index (χ4v) is 0.917. The second-order valence-electron chi connectivity index (χ2n) is 2.13. The van der Waals surface area contributed by atoms with E-state index >= 15 is 0 Å². The van der Waals surface area contributed by atoms with Gasteiger partial charge in [0.25, 0.3) is 0 Å². The molecule has 1 aromatic heterocycles. The summed E-state index contributed by atoms with van der Waals surface area (Å²) in [7, 11) is 0. The topological polar surface area (TPSA) is 59.8 Å². The van der Waals surface area contributed by atoms with E-state index in [0.29, 0.717) is 19.0 Å². The van der Waals surface area contributed by atoms with Gasteiger partial charge in [-0.15, -0.1) is 0 Å². The molecular formula is C5H6N4O. The first-order valence-corrected chi connectivity index (χ1v) is 2.99. The van der Waals surface area contributed by atoms with Crippen molar-refractivity contribution >= 4 is 11.7 Å². The molecule has 0 fully saturated rings. The van der Waals surface area contributed by atoms with E-state index in [1.165, 1.54) is 6.33 Å². The molecule has 0 atom stereocenters. The zero-order chi connectivity index (χ0) is 6.97. The highest BCUT2D eigenvalue weighted by atomic mass is 16.1. The van der Waals surface area contributed by atoms with Crippen molar-refractivity contribution in [3.8, 4) is 0 Å². The van der Waals surface area contributed by atoms with Crippen molar-refractivity contribution in [2.45, 2.75) is 6.54 Å². The van der Waals surface area contributed by atoms with Crippen molar-refractivity contribution in [3.63, 3.8) is 0 Å². The minimum atomic E-state index is 0.137. The van der Waals surface area contributed by atoms with E-state index in [2.05, 4.69) is 15.4 Å². The Labute approximate surface area is 57.1 Å². The standard InChI is InChI=1S/C5H6N4O/c10-4-1-6-5-7-3-8-9(5)2-4/h3H,1-2H2,(H,6,7,8). The van der Waals surface area contributed by atoms with Gasteiger partial charge < -0.3 is 5.32 Å². The van der Waals surface area contributed by atoms with Crippen LogP contribution in [-0.4, -0.2) is 27.1 Å². The highest BCUT2D eigenvalue weighted by molar-refractivity contribution is 5.84. The van der Waals surface area contributed by atoms with Crippen LogP contribution in [0.2, 0.25) is 0 Å². The first kappa shape index (κ1) is 5.40. The number of aromatic nitrogens is 3. The summed E-state index contributed by atoms with van der Waals surface area (Å²) in [6.07, 6.45) is 1.43. The minimum absolute atomic E-state index is 0.137. The van der Waals surface area contributed by atoms with E-state index in [9.17, 15) is 4.79 Å². The Hall–Kier alpha value is -1.39. The summed E-state index contributed by atoms with van der Waals surface area (Å²) in [5, 5.41) is 6.66. The fraction of sp³-hybridized carbons (Fsp3) is 0.400. The van der Waals surface area contributed by atoms with E-state index in [0.717, 1.165) is 0 Å². The quantitative estimate of drug-likeness (QED) is 0.513. The van der Waals surface area contributed by atoms with Gasteiger partial charge in [-0.05, 0) is 0 Å². The molecule has 1 aliphatic rings. The van der Waals surface area contributed by atoms with Crippen molar-refractivity contribution in [1.82, 2.24) is 14.8 Å². The maximum absolute atomic E-state index is 10.8. The predicted molar refractivity (Wildman–Crippen MR) is 33.5 cm³/mol. The van der Waals surface area contributed by atoms with Gasteiger partial charge in [0.05, 0.1) is 6.54 Å². The van der Waals surface area contributed by atoms with Gasteiger partial charge >= 0.3 is 0 Å². The average molecular weight is 138 g/mol. The molecule has 0 spiro atoms. The maximum atomic E-state index is 10.8. The Balaban J connectivity index is 2.39. The van der Waals surface area contributed by atoms with Gasteiger partial charge in [0.1, 0.15) is 12.9 Å². The zero-order valence-corrected chi connectivity index (χ0v) is 5.24. The monoisotopic (exact) mass is 138 g/mol. The number of hydrogen-bond donors (Lipinski definition) is 1. The molecule has 1 aliphatic heterocycles. The van der Waals surface area contributed by atoms with Crippen molar-refractivity contribution in [2.24, 2.45) is 0 Å². The van der Waals surface area contributed by atoms with Crippen LogP contribution in [0.15, 0.2) is 6.33 Å². The second kappa shape index (κ2) is 1.80. The molecule has 52 valence electrons. The smallest absolute Gasteiger partial charge is 0.221 e. The third-order valence-electron chi connectivity index (χ3n) is 1.39. The Morgan fingerprint density at radius 3 is 3.50 bits per heavy atom. The van der Waals surface area contributed by atoms with Crippen molar-refractivity contribution in [3.05, 3.63) is 6.33 Å². The van der Waals surface area contributed by atoms with Gasteiger partial charge in [0, 0.05) is 0 Å². The number of anilines is 1. The van der Waals surface area contributed by atoms with Crippen LogP contribution >= 0.6 is 0 Å². The molecule has 0 unspecified atom stereocenters. The molecule has 0 aliphatic carbocycles. The summed E-state index contributed by atoms with van der Waals surface area (Å²) >= 11 is 0. The highest BCUT2D eigenvalue weighted by Crippen LogP contribution is 2.04. The summed E-state index contributed by atoms with van der Waals surface area (Å²) in [6.45, 7) is 0.723. The molecule has 0 aromatic carbocycles. The second-order valence-corrected chi connectivity index (χ2v) is 2.13. The van der Waals surface area contributed by atoms with Gasteiger partial charge in [0.2, 0.25) is 5.95 Å². The number of fused-ring (bicyclic) bond motifs is 1. The number of Topliss-reactive ketones (excluding diaryl/α,β-unsaturated/α-hetero) is 1. The SMILES string of the molecule is O=C1CNc2ncnn2C1. The normalized spacial score (nSPS) is 16.2. The number of rotatable bonds is 0. The van der Waals surface area contributed by atoms with Gasteiger partial charge in [0.15, 0.2) is 5.78 Å². The lowest BCUT2D eigenvalue weighted by Gasteiger charge is -2.11. The van der Waals surface area contributed by atoms with Gasteiger partial charge in [-0.2, -0.15) is 10.1 Å². The Bertz CT molecular complexity index is 266. The lowest BCUT2D eigenvalue weighted by molar-refractivity contribution is -0.118. The molecule has 0 bridgehead atoms. The van der Waals surface area contributed by atoms with E-state index < -0.39 is 0 Å². The lowest BCUT2D eigenvalue weighted by Crippen LogP contribution is -2.27. The van der Waals surface area contributed by atoms with Crippen LogP contribution in [0.5, 0.6) is 0 Å². The molecule has 5 nitrogen and oxygen atoms in total. The minimum Gasteiger partial charge on any atom is -0.347 e. The van der Waals surface area contributed by atoms with E-state index in [-0.39, 0.29) is 5.78 Å². The van der Waals surface area contributed by atoms with Crippen LogP contribution in [0.4, 0.5) is 5.95 Å². The zero-order valence-electron chi connectivity index (χ0n) is 5.24. The number of ketones is 1. The molecule has 0 saturated carbocycles. The number of carbonyl (C=O) groups excluding carboxylic acids is 1. The van der Waals surface area contributed by atoms with E-state index in [1.807, 2.05) is 0 Å². The molecular weight excluding hydrogens is 132 g/mol. The molecule has 0 amide bonds. The summed E-state index contributed by atoms with van der Waals surface area (Å²) < 4.78 is 1.55. The molecule has 10 heavy (non-hydrogen) atoms. The molecule has 0 saturated heterocycles. The van der Waals surface area contributed by atoms with Crippen LogP contribution in [0.3, 0.4) is 0 Å². The lowest BCUT2D eigenvalue weighted by atomic mass is 10.3. The van der Waals surface area contributed by atoms with Gasteiger partial charge in [-0.25, -0.2) is 4.68 Å². The molecule has 5 heteroatoms. The van der Waals surface area contributed by atoms with Gasteiger partial charge in [-0.1, -0.05) is 0 Å². The third-order valence-corrected chi connectivity index (χ3v) is 1.39. The molecule has 1 N–H and O–H groups in total. The van der Waals surface area contributed by atoms with Crippen LogP contribution < -0.4 is 5.32 Å². The average Bonchev–Trinajstić information content (AvgIpc) is 2.33. The number of carbonyl (C=O) groups is 1. The summed E-state index contributed by atoms with van der Waals surface area (Å²) in [4.78, 5) is 14.7. The Morgan fingerprint density at radius 2 is 2.60 bits per heavy atom. The van der Waals surface area contributed by atoms with Gasteiger partial charge in [-0.3, -0.25) is 4.79 Å². The summed E-state index contributed by atoms with van der Waals surface area (Å²) in [5.41, 5.74) is 0. The van der Waals surface area contributed by atoms with Crippen LogP contribution in [0.25, 0.3) is 0 Å². The predicted octanol–water partition coefficient (Wildman–Crippen LogP) is -0.727. The largest absolute Gasteiger partial charge is 0.347 e. The summed E-state index contributed by atoms with van der Waals surface area (Å²) in [5.74, 6) is 0.817. The number of nitrogens with zero attached hydrogens (tertiary/aromatic N) is 3. The molecule has 2 rings (SSSR count). The van der Waals surface area contributed by atoms with E-state index in [4.69, 9.17) is 0 Å². The third kappa shape index (κ3) is 0.671. The number of nitrogens with one attached hydrogen (secondary N) is 1. The van der Waals surface area contributed by atoms with Crippen LogP contribution in [0.1, 0.15) is 0 Å². The highest BCUT2D eigenvalue weighted by Gasteiger charge is 2.14. The van der Waals surface area contributed by atoms with Crippen LogP contribution in [0, 0.1) is 0 Å². The number of hydrogen-bond acceptors (Lipinski definition) is 4. The van der Waals surface area contributed by atoms with Crippen LogP contribution in [-0.2, 0) is 11.3 Å². The first-order valence-electron chi connectivity index (χ1n) is 2.99. The first-order chi connectivity index (χ1) is 4.86. The Kier molecular flexibility index (Phi) is 0.969. The summed E-state index contributed by atoms with van der Waals surface area (Å²) in [6, 6.07) is 0. The molecule has 1 aromatic rings. The molecule has 2 heterocycles. The van der Waals surface area contributed by atoms with Crippen molar-refractivity contribution in [2.75, 3.05) is 11.9 Å². The Morgan fingerprint density at radius 1 is 1.70 bits per heavy atom. The molecule has 0 radical (unpaired) electrons. The fourth-order valence-electron chi connectivity index (χ4n) is 0.917.